The SMILES string of the molecule is CCOC(=O)C(=O)NCP(=O)(OCC)OCC. The summed E-state index contributed by atoms with van der Waals surface area (Å²) in [5.74, 6) is -1.99. The van der Waals surface area contributed by atoms with Gasteiger partial charge in [0, 0.05) is 0 Å². The Kier molecular flexibility index (Phi) is 7.78. The summed E-state index contributed by atoms with van der Waals surface area (Å²) >= 11 is 0. The number of hydrogen-bond acceptors (Lipinski definition) is 6. The van der Waals surface area contributed by atoms with Gasteiger partial charge in [-0.2, -0.15) is 0 Å². The third-order valence-electron chi connectivity index (χ3n) is 1.55. The summed E-state index contributed by atoms with van der Waals surface area (Å²) in [5, 5.41) is 2.15. The van der Waals surface area contributed by atoms with Crippen molar-refractivity contribution in [3.05, 3.63) is 0 Å². The lowest BCUT2D eigenvalue weighted by molar-refractivity contribution is -0.154. The van der Waals surface area contributed by atoms with E-state index in [0.29, 0.717) is 0 Å². The Bertz CT molecular complexity index is 296. The molecular weight excluding hydrogens is 249 g/mol. The fraction of sp³-hybridized carbons (Fsp3) is 0.778. The predicted octanol–water partition coefficient (Wildman–Crippen LogP) is 0.889. The second kappa shape index (κ2) is 8.22. The third-order valence-corrected chi connectivity index (χ3v) is 3.39. The molecule has 0 aromatic carbocycles. The number of ether oxygens (including phenoxy) is 1. The Morgan fingerprint density at radius 1 is 1.06 bits per heavy atom. The highest BCUT2D eigenvalue weighted by molar-refractivity contribution is 7.53. The van der Waals surface area contributed by atoms with E-state index in [1.54, 1.807) is 20.8 Å². The quantitative estimate of drug-likeness (QED) is 0.418. The van der Waals surface area contributed by atoms with Gasteiger partial charge in [0.25, 0.3) is 0 Å². The molecule has 0 spiro atoms. The van der Waals surface area contributed by atoms with Crippen LogP contribution in [-0.4, -0.2) is 38.0 Å². The summed E-state index contributed by atoms with van der Waals surface area (Å²) in [6, 6.07) is 0. The standard InChI is InChI=1S/C9H18NO6P/c1-4-14-9(12)8(11)10-7-17(13,15-5-2)16-6-3/h4-7H2,1-3H3,(H,10,11). The molecule has 0 unspecified atom stereocenters. The van der Waals surface area contributed by atoms with E-state index in [9.17, 15) is 14.2 Å². The van der Waals surface area contributed by atoms with Crippen molar-refractivity contribution in [3.8, 4) is 0 Å². The molecule has 0 aromatic heterocycles. The molecular formula is C9H18NO6P. The molecule has 0 rings (SSSR count). The van der Waals surface area contributed by atoms with Crippen molar-refractivity contribution in [2.45, 2.75) is 20.8 Å². The Morgan fingerprint density at radius 2 is 1.59 bits per heavy atom. The summed E-state index contributed by atoms with van der Waals surface area (Å²) in [7, 11) is -3.37. The number of esters is 1. The Labute approximate surface area is 100 Å². The van der Waals surface area contributed by atoms with E-state index in [4.69, 9.17) is 9.05 Å². The summed E-state index contributed by atoms with van der Waals surface area (Å²) in [6.07, 6.45) is -0.355. The molecule has 0 aromatic rings. The Balaban J connectivity index is 4.26. The minimum absolute atomic E-state index is 0.0980. The summed E-state index contributed by atoms with van der Waals surface area (Å²) in [5.41, 5.74) is 0. The number of carbonyl (C=O) groups excluding carboxylic acids is 2. The van der Waals surface area contributed by atoms with Crippen LogP contribution in [0.2, 0.25) is 0 Å². The average Bonchev–Trinajstić information content (AvgIpc) is 2.27. The van der Waals surface area contributed by atoms with Gasteiger partial charge in [-0.25, -0.2) is 4.79 Å². The minimum Gasteiger partial charge on any atom is -0.459 e. The van der Waals surface area contributed by atoms with Crippen molar-refractivity contribution in [1.82, 2.24) is 5.32 Å². The van der Waals surface area contributed by atoms with Crippen molar-refractivity contribution in [1.29, 1.82) is 0 Å². The maximum Gasteiger partial charge on any atom is 0.396 e. The van der Waals surface area contributed by atoms with Crippen LogP contribution in [0.25, 0.3) is 0 Å². The van der Waals surface area contributed by atoms with Crippen LogP contribution in [0.4, 0.5) is 0 Å². The molecule has 8 heteroatoms. The van der Waals surface area contributed by atoms with Gasteiger partial charge in [-0.1, -0.05) is 0 Å². The van der Waals surface area contributed by atoms with Crippen LogP contribution in [0.15, 0.2) is 0 Å². The Morgan fingerprint density at radius 3 is 2.00 bits per heavy atom. The number of hydrogen-bond donors (Lipinski definition) is 1. The van der Waals surface area contributed by atoms with E-state index >= 15 is 0 Å². The lowest BCUT2D eigenvalue weighted by Crippen LogP contribution is -2.33. The second-order valence-electron chi connectivity index (χ2n) is 2.83. The van der Waals surface area contributed by atoms with E-state index < -0.39 is 19.5 Å². The van der Waals surface area contributed by atoms with Crippen LogP contribution in [0.5, 0.6) is 0 Å². The molecule has 100 valence electrons. The van der Waals surface area contributed by atoms with Gasteiger partial charge in [0.05, 0.1) is 19.8 Å². The van der Waals surface area contributed by atoms with Gasteiger partial charge in [-0.05, 0) is 20.8 Å². The molecule has 0 atom stereocenters. The van der Waals surface area contributed by atoms with Crippen LogP contribution < -0.4 is 5.32 Å². The van der Waals surface area contributed by atoms with Gasteiger partial charge < -0.3 is 19.1 Å². The van der Waals surface area contributed by atoms with Crippen LogP contribution in [0.1, 0.15) is 20.8 Å². The fourth-order valence-corrected chi connectivity index (χ4v) is 2.34. The Hall–Kier alpha value is -0.910. The van der Waals surface area contributed by atoms with E-state index in [2.05, 4.69) is 10.1 Å². The maximum atomic E-state index is 11.9. The predicted molar refractivity (Wildman–Crippen MR) is 60.5 cm³/mol. The van der Waals surface area contributed by atoms with E-state index in [1.807, 2.05) is 0 Å². The van der Waals surface area contributed by atoms with Crippen LogP contribution in [0, 0.1) is 0 Å². The molecule has 0 radical (unpaired) electrons. The van der Waals surface area contributed by atoms with Crippen LogP contribution >= 0.6 is 7.60 Å². The minimum atomic E-state index is -3.37. The summed E-state index contributed by atoms with van der Waals surface area (Å²) < 4.78 is 26.2. The highest BCUT2D eigenvalue weighted by Crippen LogP contribution is 2.46. The molecule has 0 aliphatic rings. The first-order chi connectivity index (χ1) is 7.99. The number of rotatable bonds is 7. The number of carbonyl (C=O) groups is 2. The van der Waals surface area contributed by atoms with Gasteiger partial charge in [-0.3, -0.25) is 9.36 Å². The highest BCUT2D eigenvalue weighted by Gasteiger charge is 2.26. The van der Waals surface area contributed by atoms with Crippen molar-refractivity contribution < 1.29 is 27.9 Å². The molecule has 0 aliphatic heterocycles. The fourth-order valence-electron chi connectivity index (χ4n) is 0.959. The lowest BCUT2D eigenvalue weighted by Gasteiger charge is -2.16. The van der Waals surface area contributed by atoms with Gasteiger partial charge in [0.2, 0.25) is 0 Å². The first-order valence-corrected chi connectivity index (χ1v) is 7.05. The molecule has 0 aliphatic carbocycles. The maximum absolute atomic E-state index is 11.9. The van der Waals surface area contributed by atoms with E-state index in [0.717, 1.165) is 0 Å². The monoisotopic (exact) mass is 267 g/mol. The highest BCUT2D eigenvalue weighted by atomic mass is 31.2. The second-order valence-corrected chi connectivity index (χ2v) is 4.89. The van der Waals surface area contributed by atoms with Gasteiger partial charge in [-0.15, -0.1) is 0 Å². The molecule has 0 bridgehead atoms. The smallest absolute Gasteiger partial charge is 0.396 e. The van der Waals surface area contributed by atoms with E-state index in [1.165, 1.54) is 0 Å². The van der Waals surface area contributed by atoms with Crippen LogP contribution in [-0.2, 0) is 27.9 Å². The molecule has 0 fully saturated rings. The average molecular weight is 267 g/mol. The molecule has 0 saturated heterocycles. The molecule has 0 heterocycles. The number of nitrogens with one attached hydrogen (secondary N) is 1. The third kappa shape index (κ3) is 6.41. The largest absolute Gasteiger partial charge is 0.459 e. The molecule has 17 heavy (non-hydrogen) atoms. The molecule has 0 saturated carbocycles. The van der Waals surface area contributed by atoms with Crippen molar-refractivity contribution >= 4 is 19.5 Å². The molecule has 1 amide bonds. The normalized spacial score (nSPS) is 11.0. The van der Waals surface area contributed by atoms with Crippen molar-refractivity contribution in [2.75, 3.05) is 26.1 Å². The zero-order chi connectivity index (χ0) is 13.3. The number of amides is 1. The molecule has 7 nitrogen and oxygen atoms in total. The zero-order valence-electron chi connectivity index (χ0n) is 10.2. The summed E-state index contributed by atoms with van der Waals surface area (Å²) in [6.45, 7) is 5.36. The zero-order valence-corrected chi connectivity index (χ0v) is 11.1. The van der Waals surface area contributed by atoms with Crippen molar-refractivity contribution in [3.63, 3.8) is 0 Å². The van der Waals surface area contributed by atoms with Gasteiger partial charge in [0.1, 0.15) is 6.29 Å². The topological polar surface area (TPSA) is 90.9 Å². The first-order valence-electron chi connectivity index (χ1n) is 5.32. The van der Waals surface area contributed by atoms with Gasteiger partial charge >= 0.3 is 19.5 Å². The van der Waals surface area contributed by atoms with Crippen LogP contribution in [0.3, 0.4) is 0 Å². The first kappa shape index (κ1) is 16.1. The van der Waals surface area contributed by atoms with E-state index in [-0.39, 0.29) is 26.1 Å². The van der Waals surface area contributed by atoms with Gasteiger partial charge in [0.15, 0.2) is 0 Å². The summed E-state index contributed by atoms with van der Waals surface area (Å²) in [4.78, 5) is 22.1. The molecule has 1 N–H and O–H groups in total. The van der Waals surface area contributed by atoms with Crippen molar-refractivity contribution in [2.24, 2.45) is 0 Å². The lowest BCUT2D eigenvalue weighted by atomic mass is 10.6.